The molecule has 23 heavy (non-hydrogen) atoms. The van der Waals surface area contributed by atoms with Gasteiger partial charge in [-0.15, -0.1) is 0 Å². The van der Waals surface area contributed by atoms with E-state index in [-0.39, 0.29) is 5.91 Å². The van der Waals surface area contributed by atoms with Crippen LogP contribution in [0, 0.1) is 0 Å². The fourth-order valence-corrected chi connectivity index (χ4v) is 2.31. The van der Waals surface area contributed by atoms with Crippen LogP contribution in [0.1, 0.15) is 11.1 Å². The fourth-order valence-electron chi connectivity index (χ4n) is 2.31. The summed E-state index contributed by atoms with van der Waals surface area (Å²) in [6.07, 6.45) is 5.06. The van der Waals surface area contributed by atoms with Crippen molar-refractivity contribution in [1.29, 1.82) is 0 Å². The maximum atomic E-state index is 11.9. The molecule has 116 valence electrons. The van der Waals surface area contributed by atoms with Crippen LogP contribution in [0.3, 0.4) is 0 Å². The average molecular weight is 307 g/mol. The third-order valence-corrected chi connectivity index (χ3v) is 3.56. The van der Waals surface area contributed by atoms with Gasteiger partial charge in [-0.3, -0.25) is 9.89 Å². The second-order valence-electron chi connectivity index (χ2n) is 5.08. The number of hydrogen-bond donors (Lipinski definition) is 2. The maximum Gasteiger partial charge on any atom is 0.244 e. The highest BCUT2D eigenvalue weighted by Crippen LogP contribution is 2.15. The molecule has 5 heteroatoms. The third kappa shape index (κ3) is 3.58. The first kappa shape index (κ1) is 14.8. The van der Waals surface area contributed by atoms with Crippen LogP contribution in [0.5, 0.6) is 5.75 Å². The van der Waals surface area contributed by atoms with Gasteiger partial charge in [-0.05, 0) is 29.3 Å². The zero-order valence-electron chi connectivity index (χ0n) is 12.7. The minimum atomic E-state index is -0.141. The standard InChI is InChI=1S/C18H17N3O2/c1-23-16-8-5-13(6-9-16)7-10-17(22)19-11-14-3-2-4-15-12-20-21-18(14)15/h2-10,12H,11H2,1H3,(H,19,22)(H,20,21). The van der Waals surface area contributed by atoms with Crippen LogP contribution in [0.4, 0.5) is 0 Å². The molecule has 0 saturated carbocycles. The Morgan fingerprint density at radius 3 is 2.87 bits per heavy atom. The summed E-state index contributed by atoms with van der Waals surface area (Å²) in [6, 6.07) is 13.4. The van der Waals surface area contributed by atoms with E-state index in [4.69, 9.17) is 4.74 Å². The van der Waals surface area contributed by atoms with Crippen LogP contribution < -0.4 is 10.1 Å². The molecule has 5 nitrogen and oxygen atoms in total. The van der Waals surface area contributed by atoms with Crippen molar-refractivity contribution in [3.8, 4) is 5.75 Å². The van der Waals surface area contributed by atoms with Crippen molar-refractivity contribution < 1.29 is 9.53 Å². The van der Waals surface area contributed by atoms with E-state index in [0.29, 0.717) is 6.54 Å². The lowest BCUT2D eigenvalue weighted by atomic mass is 10.1. The van der Waals surface area contributed by atoms with Gasteiger partial charge in [0, 0.05) is 18.0 Å². The Morgan fingerprint density at radius 2 is 2.09 bits per heavy atom. The first-order chi connectivity index (χ1) is 11.3. The number of carbonyl (C=O) groups is 1. The van der Waals surface area contributed by atoms with Crippen molar-refractivity contribution in [3.63, 3.8) is 0 Å². The molecule has 0 radical (unpaired) electrons. The smallest absolute Gasteiger partial charge is 0.244 e. The molecule has 0 aliphatic heterocycles. The number of rotatable bonds is 5. The molecular formula is C18H17N3O2. The SMILES string of the molecule is COc1ccc(C=CC(=O)NCc2cccc3cn[nH]c23)cc1. The molecule has 0 aliphatic carbocycles. The molecule has 1 heterocycles. The van der Waals surface area contributed by atoms with E-state index in [9.17, 15) is 4.79 Å². The number of amides is 1. The molecule has 2 aromatic carbocycles. The fraction of sp³-hybridized carbons (Fsp3) is 0.111. The molecule has 0 atom stereocenters. The van der Waals surface area contributed by atoms with E-state index < -0.39 is 0 Å². The zero-order chi connectivity index (χ0) is 16.1. The summed E-state index contributed by atoms with van der Waals surface area (Å²) in [7, 11) is 1.62. The Balaban J connectivity index is 1.60. The van der Waals surface area contributed by atoms with E-state index in [2.05, 4.69) is 15.5 Å². The lowest BCUT2D eigenvalue weighted by molar-refractivity contribution is -0.116. The lowest BCUT2D eigenvalue weighted by Crippen LogP contribution is -2.20. The quantitative estimate of drug-likeness (QED) is 0.712. The van der Waals surface area contributed by atoms with Crippen LogP contribution >= 0.6 is 0 Å². The number of nitrogens with zero attached hydrogens (tertiary/aromatic N) is 1. The number of ether oxygens (including phenoxy) is 1. The van der Waals surface area contributed by atoms with Gasteiger partial charge in [-0.2, -0.15) is 5.10 Å². The summed E-state index contributed by atoms with van der Waals surface area (Å²) < 4.78 is 5.10. The highest BCUT2D eigenvalue weighted by molar-refractivity contribution is 5.92. The number of carbonyl (C=O) groups excluding carboxylic acids is 1. The van der Waals surface area contributed by atoms with Crippen LogP contribution in [0.25, 0.3) is 17.0 Å². The van der Waals surface area contributed by atoms with Gasteiger partial charge in [0.1, 0.15) is 5.75 Å². The second-order valence-corrected chi connectivity index (χ2v) is 5.08. The van der Waals surface area contributed by atoms with Crippen molar-refractivity contribution >= 4 is 22.9 Å². The molecule has 0 saturated heterocycles. The van der Waals surface area contributed by atoms with Crippen LogP contribution in [0.2, 0.25) is 0 Å². The summed E-state index contributed by atoms with van der Waals surface area (Å²) in [5, 5.41) is 10.9. The van der Waals surface area contributed by atoms with E-state index in [1.165, 1.54) is 6.08 Å². The van der Waals surface area contributed by atoms with Crippen LogP contribution in [0.15, 0.2) is 54.7 Å². The number of benzene rings is 2. The molecular weight excluding hydrogens is 290 g/mol. The average Bonchev–Trinajstić information content (AvgIpc) is 3.07. The van der Waals surface area contributed by atoms with Gasteiger partial charge in [-0.25, -0.2) is 0 Å². The third-order valence-electron chi connectivity index (χ3n) is 3.56. The Hall–Kier alpha value is -3.08. The molecule has 1 amide bonds. The summed E-state index contributed by atoms with van der Waals surface area (Å²) in [6.45, 7) is 0.450. The predicted octanol–water partition coefficient (Wildman–Crippen LogP) is 2.90. The monoisotopic (exact) mass is 307 g/mol. The molecule has 1 aromatic heterocycles. The van der Waals surface area contributed by atoms with E-state index in [1.807, 2.05) is 42.5 Å². The number of H-pyrrole nitrogens is 1. The summed E-state index contributed by atoms with van der Waals surface area (Å²) >= 11 is 0. The Bertz CT molecular complexity index is 835. The van der Waals surface area contributed by atoms with Crippen molar-refractivity contribution in [3.05, 3.63) is 65.9 Å². The van der Waals surface area contributed by atoms with Gasteiger partial charge in [-0.1, -0.05) is 30.3 Å². The zero-order valence-corrected chi connectivity index (χ0v) is 12.7. The predicted molar refractivity (Wildman–Crippen MR) is 90.0 cm³/mol. The first-order valence-electron chi connectivity index (χ1n) is 7.27. The summed E-state index contributed by atoms with van der Waals surface area (Å²) in [5.74, 6) is 0.650. The Morgan fingerprint density at radius 1 is 1.26 bits per heavy atom. The molecule has 0 unspecified atom stereocenters. The Kier molecular flexibility index (Phi) is 4.38. The minimum Gasteiger partial charge on any atom is -0.497 e. The van der Waals surface area contributed by atoms with E-state index in [0.717, 1.165) is 27.8 Å². The number of aromatic nitrogens is 2. The normalized spacial score (nSPS) is 11.0. The van der Waals surface area contributed by atoms with Crippen LogP contribution in [-0.4, -0.2) is 23.2 Å². The summed E-state index contributed by atoms with van der Waals surface area (Å²) in [4.78, 5) is 11.9. The molecule has 0 aliphatic rings. The largest absolute Gasteiger partial charge is 0.497 e. The molecule has 3 aromatic rings. The van der Waals surface area contributed by atoms with Crippen LogP contribution in [-0.2, 0) is 11.3 Å². The molecule has 0 fully saturated rings. The van der Waals surface area contributed by atoms with Gasteiger partial charge < -0.3 is 10.1 Å². The van der Waals surface area contributed by atoms with Crippen molar-refractivity contribution in [2.45, 2.75) is 6.54 Å². The van der Waals surface area contributed by atoms with Gasteiger partial charge in [0.25, 0.3) is 0 Å². The number of para-hydroxylation sites is 1. The number of nitrogens with one attached hydrogen (secondary N) is 2. The number of fused-ring (bicyclic) bond motifs is 1. The van der Waals surface area contributed by atoms with Crippen molar-refractivity contribution in [2.75, 3.05) is 7.11 Å². The molecule has 2 N–H and O–H groups in total. The van der Waals surface area contributed by atoms with Gasteiger partial charge in [0.2, 0.25) is 5.91 Å². The molecule has 0 spiro atoms. The van der Waals surface area contributed by atoms with Crippen molar-refractivity contribution in [1.82, 2.24) is 15.5 Å². The Labute approximate surface area is 134 Å². The van der Waals surface area contributed by atoms with E-state index >= 15 is 0 Å². The second kappa shape index (κ2) is 6.79. The number of aromatic amines is 1. The first-order valence-corrected chi connectivity index (χ1v) is 7.27. The topological polar surface area (TPSA) is 67.0 Å². The number of hydrogen-bond acceptors (Lipinski definition) is 3. The maximum absolute atomic E-state index is 11.9. The highest BCUT2D eigenvalue weighted by Gasteiger charge is 2.03. The van der Waals surface area contributed by atoms with Crippen molar-refractivity contribution in [2.24, 2.45) is 0 Å². The minimum absolute atomic E-state index is 0.141. The molecule has 0 bridgehead atoms. The van der Waals surface area contributed by atoms with Gasteiger partial charge in [0.15, 0.2) is 0 Å². The molecule has 3 rings (SSSR count). The number of methoxy groups -OCH3 is 1. The lowest BCUT2D eigenvalue weighted by Gasteiger charge is -2.04. The highest BCUT2D eigenvalue weighted by atomic mass is 16.5. The van der Waals surface area contributed by atoms with E-state index in [1.54, 1.807) is 19.4 Å². The van der Waals surface area contributed by atoms with Gasteiger partial charge in [0.05, 0.1) is 18.8 Å². The van der Waals surface area contributed by atoms with Gasteiger partial charge >= 0.3 is 0 Å². The summed E-state index contributed by atoms with van der Waals surface area (Å²) in [5.41, 5.74) is 2.90.